The Bertz CT molecular complexity index is 1580. The van der Waals surface area contributed by atoms with Gasteiger partial charge in [-0.25, -0.2) is 0 Å². The summed E-state index contributed by atoms with van der Waals surface area (Å²) in [6.45, 7) is 6.23. The molecule has 0 amide bonds. The predicted octanol–water partition coefficient (Wildman–Crippen LogP) is 8.52. The summed E-state index contributed by atoms with van der Waals surface area (Å²) in [4.78, 5) is 16.6. The minimum Gasteiger partial charge on any atom is -0.384 e. The molecule has 2 N–H and O–H groups in total. The standard InChI is InChI=1S/C32H29Cl2N3OS/c1-18-10-12-22(13-11-18)39-17-21-15-23(20(3)14-19(21)2)29-24(16-35)32(36)37(26-7-5-9-28(38)30(26)29)27-8-4-6-25(33)31(27)34/h4,6,8,10-15,29H,5,7,9,17,36H2,1-3H3. The molecule has 0 radical (unpaired) electrons. The van der Waals surface area contributed by atoms with Gasteiger partial charge >= 0.3 is 0 Å². The van der Waals surface area contributed by atoms with Gasteiger partial charge in [-0.05, 0) is 80.1 Å². The number of carbonyl (C=O) groups is 1. The minimum absolute atomic E-state index is 0.0419. The number of hydrogen-bond donors (Lipinski definition) is 1. The van der Waals surface area contributed by atoms with Crippen molar-refractivity contribution in [3.05, 3.63) is 115 Å². The zero-order valence-corrected chi connectivity index (χ0v) is 24.5. The third-order valence-corrected chi connectivity index (χ3v) is 9.41. The van der Waals surface area contributed by atoms with Crippen LogP contribution in [0.3, 0.4) is 0 Å². The lowest BCUT2D eigenvalue weighted by Crippen LogP contribution is -2.39. The molecule has 1 aliphatic heterocycles. The summed E-state index contributed by atoms with van der Waals surface area (Å²) in [5.74, 6) is 0.576. The summed E-state index contributed by atoms with van der Waals surface area (Å²) in [6.07, 6.45) is 1.80. The van der Waals surface area contributed by atoms with Crippen LogP contribution in [0.25, 0.3) is 0 Å². The SMILES string of the molecule is Cc1ccc(SCc2cc(C3C(C#N)=C(N)N(c4cccc(Cl)c4Cl)C4=C3C(=O)CCC4)c(C)cc2C)cc1. The molecule has 7 heteroatoms. The fourth-order valence-electron chi connectivity index (χ4n) is 5.52. The largest absolute Gasteiger partial charge is 0.384 e. The van der Waals surface area contributed by atoms with Crippen molar-refractivity contribution in [3.8, 4) is 6.07 Å². The van der Waals surface area contributed by atoms with Gasteiger partial charge in [0.25, 0.3) is 0 Å². The Morgan fingerprint density at radius 1 is 1.05 bits per heavy atom. The van der Waals surface area contributed by atoms with Crippen molar-refractivity contribution in [3.63, 3.8) is 0 Å². The molecule has 5 rings (SSSR count). The number of Topliss-reactive ketones (excluding diaryl/α,β-unsaturated/α-hetero) is 1. The zero-order chi connectivity index (χ0) is 27.8. The Morgan fingerprint density at radius 3 is 2.51 bits per heavy atom. The number of anilines is 1. The Hall–Kier alpha value is -3.17. The van der Waals surface area contributed by atoms with Gasteiger partial charge in [0, 0.05) is 28.3 Å². The fourth-order valence-corrected chi connectivity index (χ4v) is 6.86. The van der Waals surface area contributed by atoms with Gasteiger partial charge in [0.05, 0.1) is 33.3 Å². The number of halogens is 2. The molecule has 198 valence electrons. The third kappa shape index (κ3) is 5.10. The van der Waals surface area contributed by atoms with Crippen molar-refractivity contribution in [1.82, 2.24) is 0 Å². The smallest absolute Gasteiger partial charge is 0.161 e. The molecule has 0 spiro atoms. The first-order valence-corrected chi connectivity index (χ1v) is 14.6. The summed E-state index contributed by atoms with van der Waals surface area (Å²) in [5.41, 5.74) is 14.7. The van der Waals surface area contributed by atoms with Gasteiger partial charge in [-0.15, -0.1) is 11.8 Å². The molecule has 3 aromatic rings. The first-order chi connectivity index (χ1) is 18.7. The molecule has 1 unspecified atom stereocenters. The number of aryl methyl sites for hydroxylation is 3. The number of benzene rings is 3. The summed E-state index contributed by atoms with van der Waals surface area (Å²) in [7, 11) is 0. The fraction of sp³-hybridized carbons (Fsp3) is 0.250. The van der Waals surface area contributed by atoms with Gasteiger partial charge in [0.2, 0.25) is 0 Å². The second kappa shape index (κ2) is 11.1. The van der Waals surface area contributed by atoms with Gasteiger partial charge in [0.1, 0.15) is 5.82 Å². The molecule has 4 nitrogen and oxygen atoms in total. The van der Waals surface area contributed by atoms with E-state index in [1.165, 1.54) is 21.6 Å². The lowest BCUT2D eigenvalue weighted by atomic mass is 9.74. The number of carbonyl (C=O) groups excluding carboxylic acids is 1. The molecule has 2 aliphatic rings. The van der Waals surface area contributed by atoms with Gasteiger partial charge < -0.3 is 5.73 Å². The van der Waals surface area contributed by atoms with Crippen LogP contribution >= 0.6 is 35.0 Å². The topological polar surface area (TPSA) is 70.1 Å². The molecule has 39 heavy (non-hydrogen) atoms. The maximum absolute atomic E-state index is 13.6. The first kappa shape index (κ1) is 27.4. The van der Waals surface area contributed by atoms with Gasteiger partial charge in [-0.3, -0.25) is 9.69 Å². The number of rotatable bonds is 5. The molecule has 0 bridgehead atoms. The molecule has 0 saturated heterocycles. The van der Waals surface area contributed by atoms with Crippen LogP contribution in [0.15, 0.2) is 82.2 Å². The highest BCUT2D eigenvalue weighted by Gasteiger charge is 2.41. The van der Waals surface area contributed by atoms with E-state index in [1.54, 1.807) is 28.8 Å². The molecule has 1 aliphatic carbocycles. The van der Waals surface area contributed by atoms with Crippen LogP contribution in [0, 0.1) is 32.1 Å². The van der Waals surface area contributed by atoms with Crippen LogP contribution in [0.5, 0.6) is 0 Å². The molecule has 1 heterocycles. The Morgan fingerprint density at radius 2 is 1.79 bits per heavy atom. The van der Waals surface area contributed by atoms with Crippen LogP contribution in [0.1, 0.15) is 53.0 Å². The van der Waals surface area contributed by atoms with Crippen LogP contribution in [-0.2, 0) is 10.5 Å². The second-order valence-corrected chi connectivity index (χ2v) is 12.0. The summed E-state index contributed by atoms with van der Waals surface area (Å²) >= 11 is 14.7. The van der Waals surface area contributed by atoms with E-state index in [0.717, 1.165) is 22.6 Å². The molecular formula is C32H29Cl2N3OS. The lowest BCUT2D eigenvalue weighted by Gasteiger charge is -2.40. The molecule has 0 saturated carbocycles. The molecule has 0 fully saturated rings. The average molecular weight is 575 g/mol. The van der Waals surface area contributed by atoms with E-state index in [9.17, 15) is 10.1 Å². The quantitative estimate of drug-likeness (QED) is 0.310. The average Bonchev–Trinajstić information content (AvgIpc) is 2.91. The van der Waals surface area contributed by atoms with Gasteiger partial charge in [-0.2, -0.15) is 5.26 Å². The van der Waals surface area contributed by atoms with Crippen molar-refractivity contribution in [2.24, 2.45) is 5.73 Å². The van der Waals surface area contributed by atoms with E-state index in [0.29, 0.717) is 46.1 Å². The van der Waals surface area contributed by atoms with Crippen molar-refractivity contribution in [2.75, 3.05) is 4.90 Å². The molecular weight excluding hydrogens is 545 g/mol. The lowest BCUT2D eigenvalue weighted by molar-refractivity contribution is -0.116. The normalized spacial score (nSPS) is 17.4. The van der Waals surface area contributed by atoms with Gasteiger partial charge in [-0.1, -0.05) is 59.1 Å². The number of thioether (sulfide) groups is 1. The van der Waals surface area contributed by atoms with Crippen molar-refractivity contribution >= 4 is 46.4 Å². The monoisotopic (exact) mass is 573 g/mol. The zero-order valence-electron chi connectivity index (χ0n) is 22.1. The molecule has 0 aromatic heterocycles. The van der Waals surface area contributed by atoms with E-state index in [4.69, 9.17) is 28.9 Å². The number of allylic oxidation sites excluding steroid dienone is 3. The summed E-state index contributed by atoms with van der Waals surface area (Å²) in [5, 5.41) is 11.2. The Labute approximate surface area is 244 Å². The predicted molar refractivity (Wildman–Crippen MR) is 161 cm³/mol. The Balaban J connectivity index is 1.64. The number of hydrogen-bond acceptors (Lipinski definition) is 5. The Kier molecular flexibility index (Phi) is 7.82. The molecule has 1 atom stereocenters. The van der Waals surface area contributed by atoms with Crippen LogP contribution in [0.4, 0.5) is 5.69 Å². The third-order valence-electron chi connectivity index (χ3n) is 7.54. The highest BCUT2D eigenvalue weighted by atomic mass is 35.5. The summed E-state index contributed by atoms with van der Waals surface area (Å²) < 4.78 is 0. The van der Waals surface area contributed by atoms with Crippen LogP contribution < -0.4 is 10.6 Å². The molecule has 3 aromatic carbocycles. The number of nitriles is 1. The van der Waals surface area contributed by atoms with Crippen LogP contribution in [0.2, 0.25) is 10.0 Å². The van der Waals surface area contributed by atoms with Crippen molar-refractivity contribution in [2.45, 2.75) is 56.6 Å². The van der Waals surface area contributed by atoms with E-state index in [-0.39, 0.29) is 11.6 Å². The van der Waals surface area contributed by atoms with Crippen molar-refractivity contribution in [1.29, 1.82) is 5.26 Å². The first-order valence-electron chi connectivity index (χ1n) is 12.9. The highest BCUT2D eigenvalue weighted by molar-refractivity contribution is 7.98. The van der Waals surface area contributed by atoms with E-state index in [2.05, 4.69) is 56.3 Å². The summed E-state index contributed by atoms with van der Waals surface area (Å²) in [6, 6.07) is 20.5. The van der Waals surface area contributed by atoms with E-state index < -0.39 is 5.92 Å². The maximum Gasteiger partial charge on any atom is 0.161 e. The second-order valence-electron chi connectivity index (χ2n) is 10.1. The number of ketones is 1. The van der Waals surface area contributed by atoms with E-state index >= 15 is 0 Å². The van der Waals surface area contributed by atoms with Crippen LogP contribution in [-0.4, -0.2) is 5.78 Å². The van der Waals surface area contributed by atoms with E-state index in [1.807, 2.05) is 13.0 Å². The van der Waals surface area contributed by atoms with Crippen molar-refractivity contribution < 1.29 is 4.79 Å². The maximum atomic E-state index is 13.6. The minimum atomic E-state index is -0.532. The number of nitrogens with two attached hydrogens (primary N) is 1. The van der Waals surface area contributed by atoms with Gasteiger partial charge in [0.15, 0.2) is 5.78 Å². The number of nitrogens with zero attached hydrogens (tertiary/aromatic N) is 2. The highest BCUT2D eigenvalue weighted by Crippen LogP contribution is 2.49.